The van der Waals surface area contributed by atoms with Crippen LogP contribution < -0.4 is 10.9 Å². The highest BCUT2D eigenvalue weighted by molar-refractivity contribution is 6.30. The molecule has 0 radical (unpaired) electrons. The summed E-state index contributed by atoms with van der Waals surface area (Å²) < 4.78 is 37.2. The molecule has 0 saturated heterocycles. The third kappa shape index (κ3) is 4.61. The maximum atomic E-state index is 12.4. The molecule has 22 heavy (non-hydrogen) atoms. The van der Waals surface area contributed by atoms with Crippen molar-refractivity contribution in [2.75, 3.05) is 11.6 Å². The number of alkyl halides is 3. The predicted molar refractivity (Wildman–Crippen MR) is 80.5 cm³/mol. The van der Waals surface area contributed by atoms with Gasteiger partial charge in [0.1, 0.15) is 5.69 Å². The molecule has 0 aliphatic rings. The van der Waals surface area contributed by atoms with Crippen molar-refractivity contribution in [2.24, 2.45) is 5.84 Å². The minimum atomic E-state index is -4.40. The Balaban J connectivity index is 1.84. The first-order chi connectivity index (χ1) is 10.4. The number of anilines is 1. The van der Waals surface area contributed by atoms with Gasteiger partial charge in [-0.3, -0.25) is 4.98 Å². The van der Waals surface area contributed by atoms with Gasteiger partial charge in [0.25, 0.3) is 0 Å². The summed E-state index contributed by atoms with van der Waals surface area (Å²) in [6.07, 6.45) is -1.84. The Hall–Kier alpha value is -1.79. The van der Waals surface area contributed by atoms with Gasteiger partial charge in [-0.15, -0.1) is 0 Å². The van der Waals surface area contributed by atoms with Crippen molar-refractivity contribution in [3.63, 3.8) is 0 Å². The fraction of sp³-hybridized carbons (Fsp3) is 0.267. The normalized spacial score (nSPS) is 11.5. The van der Waals surface area contributed by atoms with Gasteiger partial charge in [0.05, 0.1) is 5.69 Å². The van der Waals surface area contributed by atoms with E-state index in [-0.39, 0.29) is 0 Å². The third-order valence-electron chi connectivity index (χ3n) is 3.14. The second kappa shape index (κ2) is 6.98. The lowest BCUT2D eigenvalue weighted by Crippen LogP contribution is -2.31. The zero-order valence-electron chi connectivity index (χ0n) is 11.6. The summed E-state index contributed by atoms with van der Waals surface area (Å²) in [5, 5.41) is 2.21. The summed E-state index contributed by atoms with van der Waals surface area (Å²) in [6, 6.07) is 9.55. The molecule has 1 aromatic carbocycles. The Kier molecular flexibility index (Phi) is 5.26. The molecule has 1 heterocycles. The average molecular weight is 330 g/mol. The molecule has 7 heteroatoms. The summed E-state index contributed by atoms with van der Waals surface area (Å²) >= 11 is 5.80. The Bertz CT molecular complexity index is 597. The maximum absolute atomic E-state index is 12.4. The minimum absolute atomic E-state index is 0.572. The second-order valence-corrected chi connectivity index (χ2v) is 5.26. The second-order valence-electron chi connectivity index (χ2n) is 4.82. The van der Waals surface area contributed by atoms with Crippen molar-refractivity contribution < 1.29 is 13.2 Å². The molecule has 1 aromatic heterocycles. The SMILES string of the molecule is NN(CCCc1ccc(C(F)(F)F)nc1)c1ccc(Cl)cc1. The standard InChI is InChI=1S/C15H15ClF3N3/c16-12-4-6-13(7-5-12)22(20)9-1-2-11-3-8-14(21-10-11)15(17,18)19/h3-8,10H,1-2,9,20H2. The van der Waals surface area contributed by atoms with E-state index in [9.17, 15) is 13.2 Å². The molecule has 0 aliphatic heterocycles. The van der Waals surface area contributed by atoms with Gasteiger partial charge in [0.2, 0.25) is 0 Å². The first kappa shape index (κ1) is 16.6. The number of hydrogen-bond donors (Lipinski definition) is 1. The van der Waals surface area contributed by atoms with Crippen LogP contribution in [0.15, 0.2) is 42.6 Å². The lowest BCUT2D eigenvalue weighted by molar-refractivity contribution is -0.141. The van der Waals surface area contributed by atoms with E-state index in [1.54, 1.807) is 17.1 Å². The molecule has 2 aromatic rings. The molecular formula is C15H15ClF3N3. The molecule has 0 aliphatic carbocycles. The quantitative estimate of drug-likeness (QED) is 0.664. The first-order valence-electron chi connectivity index (χ1n) is 6.66. The first-order valence-corrected chi connectivity index (χ1v) is 7.04. The van der Waals surface area contributed by atoms with Gasteiger partial charge in [-0.2, -0.15) is 13.2 Å². The molecular weight excluding hydrogens is 315 g/mol. The Labute approximate surface area is 131 Å². The van der Waals surface area contributed by atoms with Crippen molar-refractivity contribution in [1.82, 2.24) is 4.98 Å². The number of hydrogen-bond acceptors (Lipinski definition) is 3. The topological polar surface area (TPSA) is 42.1 Å². The fourth-order valence-electron chi connectivity index (χ4n) is 1.96. The lowest BCUT2D eigenvalue weighted by atomic mass is 10.1. The van der Waals surface area contributed by atoms with E-state index in [4.69, 9.17) is 17.4 Å². The minimum Gasteiger partial charge on any atom is -0.311 e. The van der Waals surface area contributed by atoms with Gasteiger partial charge >= 0.3 is 6.18 Å². The average Bonchev–Trinajstić information content (AvgIpc) is 2.47. The van der Waals surface area contributed by atoms with E-state index >= 15 is 0 Å². The van der Waals surface area contributed by atoms with Crippen LogP contribution in [0, 0.1) is 0 Å². The molecule has 2 N–H and O–H groups in total. The number of nitrogens with zero attached hydrogens (tertiary/aromatic N) is 2. The van der Waals surface area contributed by atoms with Crippen LogP contribution in [-0.2, 0) is 12.6 Å². The number of aromatic nitrogens is 1. The van der Waals surface area contributed by atoms with Gasteiger partial charge in [-0.1, -0.05) is 17.7 Å². The van der Waals surface area contributed by atoms with Crippen LogP contribution in [0.5, 0.6) is 0 Å². The van der Waals surface area contributed by atoms with Crippen molar-refractivity contribution in [3.8, 4) is 0 Å². The number of rotatable bonds is 5. The third-order valence-corrected chi connectivity index (χ3v) is 3.39. The zero-order chi connectivity index (χ0) is 16.2. The van der Waals surface area contributed by atoms with E-state index in [2.05, 4.69) is 4.98 Å². The van der Waals surface area contributed by atoms with Crippen LogP contribution in [-0.4, -0.2) is 11.5 Å². The number of aryl methyl sites for hydroxylation is 1. The number of benzene rings is 1. The molecule has 3 nitrogen and oxygen atoms in total. The number of pyridine rings is 1. The molecule has 0 saturated carbocycles. The summed E-state index contributed by atoms with van der Waals surface area (Å²) in [4.78, 5) is 3.43. The maximum Gasteiger partial charge on any atom is 0.433 e. The molecule has 0 fully saturated rings. The Morgan fingerprint density at radius 2 is 1.77 bits per heavy atom. The van der Waals surface area contributed by atoms with Crippen LogP contribution in [0.4, 0.5) is 18.9 Å². The van der Waals surface area contributed by atoms with Gasteiger partial charge in [0, 0.05) is 17.8 Å². The highest BCUT2D eigenvalue weighted by Gasteiger charge is 2.31. The van der Waals surface area contributed by atoms with Crippen molar-refractivity contribution in [1.29, 1.82) is 0 Å². The van der Waals surface area contributed by atoms with Gasteiger partial charge in [-0.25, -0.2) is 5.84 Å². The zero-order valence-corrected chi connectivity index (χ0v) is 12.4. The fourth-order valence-corrected chi connectivity index (χ4v) is 2.08. The number of hydrazine groups is 1. The molecule has 0 bridgehead atoms. The molecule has 2 rings (SSSR count). The van der Waals surface area contributed by atoms with Crippen LogP contribution in [0.3, 0.4) is 0 Å². The lowest BCUT2D eigenvalue weighted by Gasteiger charge is -2.18. The van der Waals surface area contributed by atoms with Crippen molar-refractivity contribution in [3.05, 3.63) is 58.9 Å². The van der Waals surface area contributed by atoms with E-state index in [1.807, 2.05) is 12.1 Å². The smallest absolute Gasteiger partial charge is 0.311 e. The predicted octanol–water partition coefficient (Wildman–Crippen LogP) is 4.07. The van der Waals surface area contributed by atoms with Gasteiger partial charge in [0.15, 0.2) is 0 Å². The van der Waals surface area contributed by atoms with Crippen molar-refractivity contribution >= 4 is 17.3 Å². The number of halogens is 4. The van der Waals surface area contributed by atoms with Gasteiger partial charge < -0.3 is 5.01 Å². The largest absolute Gasteiger partial charge is 0.433 e. The van der Waals surface area contributed by atoms with Crippen LogP contribution in [0.25, 0.3) is 0 Å². The van der Waals surface area contributed by atoms with Crippen LogP contribution >= 0.6 is 11.6 Å². The van der Waals surface area contributed by atoms with E-state index in [0.717, 1.165) is 17.3 Å². The monoisotopic (exact) mass is 329 g/mol. The summed E-state index contributed by atoms with van der Waals surface area (Å²) in [5.41, 5.74) is 0.699. The highest BCUT2D eigenvalue weighted by Crippen LogP contribution is 2.27. The van der Waals surface area contributed by atoms with E-state index in [0.29, 0.717) is 24.4 Å². The molecule has 118 valence electrons. The molecule has 0 atom stereocenters. The highest BCUT2D eigenvalue weighted by atomic mass is 35.5. The summed E-state index contributed by atoms with van der Waals surface area (Å²) in [6.45, 7) is 0.572. The molecule has 0 unspecified atom stereocenters. The van der Waals surface area contributed by atoms with Crippen LogP contribution in [0.2, 0.25) is 5.02 Å². The Morgan fingerprint density at radius 3 is 2.32 bits per heavy atom. The van der Waals surface area contributed by atoms with Crippen LogP contribution in [0.1, 0.15) is 17.7 Å². The van der Waals surface area contributed by atoms with E-state index < -0.39 is 11.9 Å². The summed E-state index contributed by atoms with van der Waals surface area (Å²) in [7, 11) is 0. The van der Waals surface area contributed by atoms with Gasteiger partial charge in [-0.05, 0) is 48.7 Å². The summed E-state index contributed by atoms with van der Waals surface area (Å²) in [5.74, 6) is 5.92. The number of nitrogens with two attached hydrogens (primary N) is 1. The van der Waals surface area contributed by atoms with E-state index in [1.165, 1.54) is 12.3 Å². The molecule has 0 amide bonds. The Morgan fingerprint density at radius 1 is 1.09 bits per heavy atom. The van der Waals surface area contributed by atoms with Crippen molar-refractivity contribution in [2.45, 2.75) is 19.0 Å². The molecule has 0 spiro atoms.